The van der Waals surface area contributed by atoms with Gasteiger partial charge in [0.2, 0.25) is 0 Å². The van der Waals surface area contributed by atoms with Gasteiger partial charge < -0.3 is 4.42 Å². The second-order valence-corrected chi connectivity index (χ2v) is 9.80. The van der Waals surface area contributed by atoms with E-state index < -0.39 is 0 Å². The molecule has 3 heteroatoms. The molecule has 182 valence electrons. The van der Waals surface area contributed by atoms with Crippen LogP contribution in [-0.4, -0.2) is 9.97 Å². The highest BCUT2D eigenvalue weighted by molar-refractivity contribution is 6.22. The molecule has 0 radical (unpaired) electrons. The van der Waals surface area contributed by atoms with Crippen molar-refractivity contribution >= 4 is 43.6 Å². The monoisotopic (exact) mass is 498 g/mol. The van der Waals surface area contributed by atoms with Crippen molar-refractivity contribution in [2.45, 2.75) is 0 Å². The van der Waals surface area contributed by atoms with Crippen molar-refractivity contribution in [3.63, 3.8) is 0 Å². The molecule has 0 fully saturated rings. The van der Waals surface area contributed by atoms with Crippen LogP contribution in [0.15, 0.2) is 138 Å². The van der Waals surface area contributed by atoms with Crippen molar-refractivity contribution in [2.75, 3.05) is 0 Å². The molecule has 0 bridgehead atoms. The summed E-state index contributed by atoms with van der Waals surface area (Å²) >= 11 is 0. The van der Waals surface area contributed by atoms with Gasteiger partial charge in [-0.1, -0.05) is 109 Å². The Kier molecular flexibility index (Phi) is 4.82. The fourth-order valence-corrected chi connectivity index (χ4v) is 5.65. The second-order valence-electron chi connectivity index (χ2n) is 9.80. The highest BCUT2D eigenvalue weighted by Gasteiger charge is 2.18. The second kappa shape index (κ2) is 8.64. The van der Waals surface area contributed by atoms with Crippen molar-refractivity contribution in [3.05, 3.63) is 133 Å². The fraction of sp³-hybridized carbons (Fsp3) is 0. The Bertz CT molecular complexity index is 2160. The zero-order valence-corrected chi connectivity index (χ0v) is 21.0. The molecule has 0 spiro atoms. The van der Waals surface area contributed by atoms with Crippen molar-refractivity contribution in [1.29, 1.82) is 0 Å². The van der Waals surface area contributed by atoms with Crippen molar-refractivity contribution in [2.24, 2.45) is 0 Å². The van der Waals surface area contributed by atoms with Crippen LogP contribution in [0.2, 0.25) is 0 Å². The van der Waals surface area contributed by atoms with Crippen LogP contribution >= 0.6 is 0 Å². The summed E-state index contributed by atoms with van der Waals surface area (Å²) < 4.78 is 6.53. The number of rotatable bonds is 3. The van der Waals surface area contributed by atoms with Gasteiger partial charge >= 0.3 is 0 Å². The third-order valence-electron chi connectivity index (χ3n) is 7.48. The molecule has 0 aliphatic carbocycles. The van der Waals surface area contributed by atoms with E-state index in [4.69, 9.17) is 14.4 Å². The van der Waals surface area contributed by atoms with Gasteiger partial charge in [0.15, 0.2) is 5.82 Å². The number of hydrogen-bond donors (Lipinski definition) is 0. The average molecular weight is 499 g/mol. The lowest BCUT2D eigenvalue weighted by Gasteiger charge is -2.11. The van der Waals surface area contributed by atoms with Gasteiger partial charge in [0.25, 0.3) is 0 Å². The lowest BCUT2D eigenvalue weighted by atomic mass is 9.97. The summed E-state index contributed by atoms with van der Waals surface area (Å²) in [6.45, 7) is 0. The van der Waals surface area contributed by atoms with E-state index >= 15 is 0 Å². The first kappa shape index (κ1) is 21.8. The van der Waals surface area contributed by atoms with Crippen molar-refractivity contribution in [3.8, 4) is 33.8 Å². The van der Waals surface area contributed by atoms with Gasteiger partial charge in [-0.3, -0.25) is 0 Å². The molecule has 8 rings (SSSR count). The zero-order valence-electron chi connectivity index (χ0n) is 21.0. The van der Waals surface area contributed by atoms with Crippen LogP contribution in [-0.2, 0) is 0 Å². The first-order chi connectivity index (χ1) is 19.3. The Hall–Kier alpha value is -5.28. The molecular weight excluding hydrogens is 476 g/mol. The Morgan fingerprint density at radius 1 is 0.436 bits per heavy atom. The van der Waals surface area contributed by atoms with Crippen LogP contribution in [0.4, 0.5) is 0 Å². The normalized spacial score (nSPS) is 11.6. The number of aromatic nitrogens is 2. The molecule has 0 atom stereocenters. The average Bonchev–Trinajstić information content (AvgIpc) is 3.39. The molecule has 0 saturated carbocycles. The largest absolute Gasteiger partial charge is 0.456 e. The van der Waals surface area contributed by atoms with Gasteiger partial charge in [0.05, 0.1) is 11.2 Å². The number of benzene rings is 6. The predicted octanol–water partition coefficient (Wildman–Crippen LogP) is 9.68. The maximum atomic E-state index is 6.53. The summed E-state index contributed by atoms with van der Waals surface area (Å²) in [6, 6.07) is 46.0. The van der Waals surface area contributed by atoms with Gasteiger partial charge in [-0.15, -0.1) is 0 Å². The number of hydrogen-bond acceptors (Lipinski definition) is 3. The molecule has 3 nitrogen and oxygen atoms in total. The van der Waals surface area contributed by atoms with E-state index in [9.17, 15) is 0 Å². The quantitative estimate of drug-likeness (QED) is 0.243. The van der Waals surface area contributed by atoms with Crippen LogP contribution in [0.25, 0.3) is 77.4 Å². The molecule has 0 aliphatic rings. The Balaban J connectivity index is 1.41. The fourth-order valence-electron chi connectivity index (χ4n) is 5.65. The summed E-state index contributed by atoms with van der Waals surface area (Å²) in [5.74, 6) is 0.691. The molecule has 0 unspecified atom stereocenters. The summed E-state index contributed by atoms with van der Waals surface area (Å²) in [7, 11) is 0. The Labute approximate surface area is 225 Å². The van der Waals surface area contributed by atoms with Crippen molar-refractivity contribution < 1.29 is 4.42 Å². The molecule has 0 aliphatic heterocycles. The molecule has 0 N–H and O–H groups in total. The van der Waals surface area contributed by atoms with Gasteiger partial charge in [-0.25, -0.2) is 9.97 Å². The molecule has 8 aromatic rings. The Morgan fingerprint density at radius 3 is 1.90 bits per heavy atom. The highest BCUT2D eigenvalue weighted by Crippen LogP contribution is 2.41. The maximum Gasteiger partial charge on any atom is 0.161 e. The van der Waals surface area contributed by atoms with E-state index in [2.05, 4.69) is 97.1 Å². The molecule has 0 amide bonds. The molecular formula is C36H22N2O. The van der Waals surface area contributed by atoms with Crippen LogP contribution in [0.5, 0.6) is 0 Å². The summed E-state index contributed by atoms with van der Waals surface area (Å²) in [6.07, 6.45) is 0. The van der Waals surface area contributed by atoms with E-state index in [0.717, 1.165) is 66.0 Å². The van der Waals surface area contributed by atoms with Crippen LogP contribution in [0.1, 0.15) is 0 Å². The third-order valence-corrected chi connectivity index (χ3v) is 7.48. The van der Waals surface area contributed by atoms with Gasteiger partial charge in [-0.05, 0) is 46.2 Å². The number of para-hydroxylation sites is 1. The topological polar surface area (TPSA) is 38.9 Å². The smallest absolute Gasteiger partial charge is 0.161 e. The standard InChI is InChI=1S/C36H22N2O/c1-3-11-23(12-4-1)25-19-20-29-32(21-25)39-33-22-30(26-15-7-8-16-27(26)34(29)33)36-37-31-18-10-9-17-28(31)35(38-36)24-13-5-2-6-14-24/h1-22H. The predicted molar refractivity (Wildman–Crippen MR) is 161 cm³/mol. The third kappa shape index (κ3) is 3.52. The minimum Gasteiger partial charge on any atom is -0.456 e. The van der Waals surface area contributed by atoms with E-state index in [1.54, 1.807) is 0 Å². The zero-order chi connectivity index (χ0) is 25.8. The van der Waals surface area contributed by atoms with E-state index in [1.165, 1.54) is 5.56 Å². The first-order valence-electron chi connectivity index (χ1n) is 13.1. The maximum absolute atomic E-state index is 6.53. The van der Waals surface area contributed by atoms with Crippen LogP contribution in [0.3, 0.4) is 0 Å². The van der Waals surface area contributed by atoms with Crippen LogP contribution in [0, 0.1) is 0 Å². The summed E-state index contributed by atoms with van der Waals surface area (Å²) in [5.41, 5.74) is 7.89. The van der Waals surface area contributed by atoms with Crippen LogP contribution < -0.4 is 0 Å². The molecule has 2 heterocycles. The molecule has 0 saturated heterocycles. The molecule has 39 heavy (non-hydrogen) atoms. The Morgan fingerprint density at radius 2 is 1.10 bits per heavy atom. The number of fused-ring (bicyclic) bond motifs is 6. The van der Waals surface area contributed by atoms with Gasteiger partial charge in [0, 0.05) is 27.3 Å². The number of nitrogens with zero attached hydrogens (tertiary/aromatic N) is 2. The molecule has 6 aromatic carbocycles. The minimum absolute atomic E-state index is 0.691. The van der Waals surface area contributed by atoms with E-state index in [1.807, 2.05) is 36.4 Å². The van der Waals surface area contributed by atoms with E-state index in [-0.39, 0.29) is 0 Å². The lowest BCUT2D eigenvalue weighted by molar-refractivity contribution is 0.669. The summed E-state index contributed by atoms with van der Waals surface area (Å²) in [4.78, 5) is 10.2. The summed E-state index contributed by atoms with van der Waals surface area (Å²) in [5, 5.41) is 5.50. The van der Waals surface area contributed by atoms with E-state index in [0.29, 0.717) is 5.82 Å². The molecule has 2 aromatic heterocycles. The van der Waals surface area contributed by atoms with Gasteiger partial charge in [-0.2, -0.15) is 0 Å². The number of furan rings is 1. The minimum atomic E-state index is 0.691. The highest BCUT2D eigenvalue weighted by atomic mass is 16.3. The first-order valence-corrected chi connectivity index (χ1v) is 13.1. The van der Waals surface area contributed by atoms with Gasteiger partial charge in [0.1, 0.15) is 11.2 Å². The van der Waals surface area contributed by atoms with Crippen molar-refractivity contribution in [1.82, 2.24) is 9.97 Å². The lowest BCUT2D eigenvalue weighted by Crippen LogP contribution is -1.96. The SMILES string of the molecule is c1ccc(-c2ccc3c(c2)oc2cc(-c4nc(-c5ccccc5)c5ccccc5n4)c4ccccc4c23)cc1.